The van der Waals surface area contributed by atoms with Gasteiger partial charge in [-0.3, -0.25) is 4.79 Å². The van der Waals surface area contributed by atoms with Gasteiger partial charge in [-0.1, -0.05) is 72.5 Å². The van der Waals surface area contributed by atoms with Gasteiger partial charge in [-0.15, -0.1) is 0 Å². The molecule has 3 heteroatoms. The zero-order valence-electron chi connectivity index (χ0n) is 17.2. The molecule has 1 atom stereocenters. The zero-order valence-corrected chi connectivity index (χ0v) is 17.2. The van der Waals surface area contributed by atoms with Crippen LogP contribution in [0.25, 0.3) is 10.8 Å². The molecule has 0 aliphatic rings. The number of ketones is 1. The van der Waals surface area contributed by atoms with E-state index in [1.54, 1.807) is 36.4 Å². The smallest absolute Gasteiger partial charge is 0.159 e. The van der Waals surface area contributed by atoms with Gasteiger partial charge in [0.15, 0.2) is 5.78 Å². The fraction of sp³-hybridized carbons (Fsp3) is 0.107. The molecule has 0 amide bonds. The van der Waals surface area contributed by atoms with Crippen LogP contribution in [0.2, 0.25) is 0 Å². The van der Waals surface area contributed by atoms with Crippen LogP contribution in [0, 0.1) is 11.8 Å². The highest BCUT2D eigenvalue weighted by molar-refractivity contribution is 5.94. The van der Waals surface area contributed by atoms with Gasteiger partial charge in [-0.05, 0) is 53.1 Å². The summed E-state index contributed by atoms with van der Waals surface area (Å²) in [5.41, 5.74) is 3.65. The second kappa shape index (κ2) is 8.87. The molecule has 4 aromatic rings. The van der Waals surface area contributed by atoms with Crippen molar-refractivity contribution in [1.29, 1.82) is 0 Å². The lowest BCUT2D eigenvalue weighted by Crippen LogP contribution is -2.01. The minimum atomic E-state index is -1.00. The molecule has 0 radical (unpaired) electrons. The predicted molar refractivity (Wildman–Crippen MR) is 123 cm³/mol. The molecule has 0 heterocycles. The fourth-order valence-electron chi connectivity index (χ4n) is 3.52. The van der Waals surface area contributed by atoms with E-state index in [0.717, 1.165) is 16.3 Å². The number of phenols is 1. The van der Waals surface area contributed by atoms with Crippen molar-refractivity contribution in [3.8, 4) is 17.6 Å². The summed E-state index contributed by atoms with van der Waals surface area (Å²) in [7, 11) is 0. The number of Topliss-reactive ketones (excluding diaryl/α,β-unsaturated/α-hetero) is 1. The quantitative estimate of drug-likeness (QED) is 0.351. The van der Waals surface area contributed by atoms with Crippen molar-refractivity contribution in [1.82, 2.24) is 0 Å². The molecule has 4 rings (SSSR count). The lowest BCUT2D eigenvalue weighted by atomic mass is 9.96. The highest BCUT2D eigenvalue weighted by atomic mass is 16.3. The van der Waals surface area contributed by atoms with Crippen LogP contribution in [0.15, 0.2) is 84.9 Å². The monoisotopic (exact) mass is 406 g/mol. The molecular weight excluding hydrogens is 384 g/mol. The maximum absolute atomic E-state index is 11.5. The Hall–Kier alpha value is -3.87. The maximum Gasteiger partial charge on any atom is 0.159 e. The Kier molecular flexibility index (Phi) is 5.84. The van der Waals surface area contributed by atoms with Crippen LogP contribution < -0.4 is 0 Å². The molecule has 4 aromatic carbocycles. The molecule has 31 heavy (non-hydrogen) atoms. The summed E-state index contributed by atoms with van der Waals surface area (Å²) in [6, 6.07) is 26.1. The van der Waals surface area contributed by atoms with E-state index in [1.807, 2.05) is 36.4 Å². The summed E-state index contributed by atoms with van der Waals surface area (Å²) in [6.45, 7) is 1.50. The maximum atomic E-state index is 11.5. The number of benzene rings is 4. The van der Waals surface area contributed by atoms with Crippen molar-refractivity contribution in [3.05, 3.63) is 113 Å². The van der Waals surface area contributed by atoms with E-state index in [1.165, 1.54) is 12.5 Å². The predicted octanol–water partition coefficient (Wildman–Crippen LogP) is 5.42. The molecule has 0 aliphatic heterocycles. The summed E-state index contributed by atoms with van der Waals surface area (Å²) in [5, 5.41) is 23.1. The average molecular weight is 406 g/mol. The molecule has 152 valence electrons. The highest BCUT2D eigenvalue weighted by Crippen LogP contribution is 2.33. The van der Waals surface area contributed by atoms with Gasteiger partial charge in [-0.25, -0.2) is 0 Å². The molecule has 1 unspecified atom stereocenters. The Morgan fingerprint density at radius 1 is 0.903 bits per heavy atom. The van der Waals surface area contributed by atoms with Gasteiger partial charge in [-0.2, -0.15) is 0 Å². The first-order valence-corrected chi connectivity index (χ1v) is 10.1. The molecule has 3 nitrogen and oxygen atoms in total. The van der Waals surface area contributed by atoms with Crippen LogP contribution in [0.3, 0.4) is 0 Å². The minimum Gasteiger partial charge on any atom is -0.508 e. The van der Waals surface area contributed by atoms with Crippen LogP contribution in [-0.2, 0) is 6.42 Å². The van der Waals surface area contributed by atoms with Gasteiger partial charge >= 0.3 is 0 Å². The standard InChI is InChI=1S/C28H22O3/c1-19(29)22-12-14-23(15-13-22)28(31)26-17-25-16-21(10-11-24(25)18-27(26)30)9-5-8-20-6-3-2-4-7-20/h2-4,6-7,10-18,28,30-31H,8H2,1H3. The van der Waals surface area contributed by atoms with E-state index in [9.17, 15) is 15.0 Å². The summed E-state index contributed by atoms with van der Waals surface area (Å²) >= 11 is 0. The van der Waals surface area contributed by atoms with Gasteiger partial charge in [0.05, 0.1) is 0 Å². The average Bonchev–Trinajstić information content (AvgIpc) is 2.79. The number of carbonyl (C=O) groups is 1. The third-order valence-electron chi connectivity index (χ3n) is 5.28. The molecule has 0 aliphatic carbocycles. The minimum absolute atomic E-state index is 0.0264. The summed E-state index contributed by atoms with van der Waals surface area (Å²) in [6.07, 6.45) is -0.326. The molecule has 0 bridgehead atoms. The highest BCUT2D eigenvalue weighted by Gasteiger charge is 2.16. The summed E-state index contributed by atoms with van der Waals surface area (Å²) < 4.78 is 0. The first-order valence-electron chi connectivity index (χ1n) is 10.1. The second-order valence-electron chi connectivity index (χ2n) is 7.52. The lowest BCUT2D eigenvalue weighted by molar-refractivity contribution is 0.101. The van der Waals surface area contributed by atoms with Gasteiger partial charge in [0.25, 0.3) is 0 Å². The number of aromatic hydroxyl groups is 1. The molecule has 2 N–H and O–H groups in total. The topological polar surface area (TPSA) is 57.5 Å². The van der Waals surface area contributed by atoms with Crippen LogP contribution in [-0.4, -0.2) is 16.0 Å². The Bertz CT molecular complexity index is 1290. The SMILES string of the molecule is CC(=O)c1ccc(C(O)c2cc3cc(C#CCc4ccccc4)ccc3cc2O)cc1. The van der Waals surface area contributed by atoms with Gasteiger partial charge in [0, 0.05) is 23.1 Å². The number of carbonyl (C=O) groups excluding carboxylic acids is 1. The number of aliphatic hydroxyl groups is 1. The van der Waals surface area contributed by atoms with Gasteiger partial charge in [0.2, 0.25) is 0 Å². The number of hydrogen-bond acceptors (Lipinski definition) is 3. The van der Waals surface area contributed by atoms with Crippen molar-refractivity contribution in [2.24, 2.45) is 0 Å². The van der Waals surface area contributed by atoms with E-state index >= 15 is 0 Å². The molecular formula is C28H22O3. The van der Waals surface area contributed by atoms with Crippen molar-refractivity contribution >= 4 is 16.6 Å². The summed E-state index contributed by atoms with van der Waals surface area (Å²) in [5.74, 6) is 6.38. The summed E-state index contributed by atoms with van der Waals surface area (Å²) in [4.78, 5) is 11.5. The Balaban J connectivity index is 1.62. The van der Waals surface area contributed by atoms with E-state index < -0.39 is 6.10 Å². The first-order chi connectivity index (χ1) is 15.0. The van der Waals surface area contributed by atoms with E-state index in [-0.39, 0.29) is 11.5 Å². The lowest BCUT2D eigenvalue weighted by Gasteiger charge is -2.15. The van der Waals surface area contributed by atoms with Crippen LogP contribution >= 0.6 is 0 Å². The van der Waals surface area contributed by atoms with Gasteiger partial charge < -0.3 is 10.2 Å². The van der Waals surface area contributed by atoms with Crippen LogP contribution in [0.5, 0.6) is 5.75 Å². The van der Waals surface area contributed by atoms with E-state index in [0.29, 0.717) is 23.1 Å². The number of rotatable bonds is 4. The fourth-order valence-corrected chi connectivity index (χ4v) is 3.52. The second-order valence-corrected chi connectivity index (χ2v) is 7.52. The molecule has 0 fully saturated rings. The van der Waals surface area contributed by atoms with Crippen LogP contribution in [0.1, 0.15) is 45.6 Å². The zero-order chi connectivity index (χ0) is 21.8. The number of fused-ring (bicyclic) bond motifs is 1. The number of phenolic OH excluding ortho intramolecular Hbond substituents is 1. The Labute approximate surface area is 181 Å². The number of aliphatic hydroxyl groups excluding tert-OH is 1. The van der Waals surface area contributed by atoms with Gasteiger partial charge in [0.1, 0.15) is 11.9 Å². The van der Waals surface area contributed by atoms with Crippen molar-refractivity contribution in [3.63, 3.8) is 0 Å². The Morgan fingerprint density at radius 3 is 2.35 bits per heavy atom. The largest absolute Gasteiger partial charge is 0.508 e. The van der Waals surface area contributed by atoms with Crippen LogP contribution in [0.4, 0.5) is 0 Å². The van der Waals surface area contributed by atoms with E-state index in [2.05, 4.69) is 24.0 Å². The molecule has 0 saturated carbocycles. The molecule has 0 saturated heterocycles. The van der Waals surface area contributed by atoms with Crippen molar-refractivity contribution in [2.75, 3.05) is 0 Å². The normalized spacial score (nSPS) is 11.5. The molecule has 0 spiro atoms. The third kappa shape index (κ3) is 4.66. The van der Waals surface area contributed by atoms with Crippen molar-refractivity contribution < 1.29 is 15.0 Å². The third-order valence-corrected chi connectivity index (χ3v) is 5.28. The Morgan fingerprint density at radius 2 is 1.65 bits per heavy atom. The first kappa shape index (κ1) is 20.4. The number of hydrogen-bond donors (Lipinski definition) is 2. The van der Waals surface area contributed by atoms with E-state index in [4.69, 9.17) is 0 Å². The molecule has 0 aromatic heterocycles. The van der Waals surface area contributed by atoms with Crippen molar-refractivity contribution in [2.45, 2.75) is 19.4 Å².